The van der Waals surface area contributed by atoms with E-state index in [2.05, 4.69) is 25.9 Å². The fourth-order valence-corrected chi connectivity index (χ4v) is 3.24. The molecule has 27 heavy (non-hydrogen) atoms. The van der Waals surface area contributed by atoms with Crippen LogP contribution in [0.4, 0.5) is 24.7 Å². The highest BCUT2D eigenvalue weighted by Gasteiger charge is 2.31. The minimum atomic E-state index is -4.51. The Morgan fingerprint density at radius 2 is 2.00 bits per heavy atom. The van der Waals surface area contributed by atoms with Crippen molar-refractivity contribution in [1.29, 1.82) is 0 Å². The number of hydrogen-bond acceptors (Lipinski definition) is 6. The van der Waals surface area contributed by atoms with Gasteiger partial charge < -0.3 is 16.0 Å². The summed E-state index contributed by atoms with van der Waals surface area (Å²) in [5.41, 5.74) is -0.607. The summed E-state index contributed by atoms with van der Waals surface area (Å²) in [6.07, 6.45) is -3.07. The summed E-state index contributed by atoms with van der Waals surface area (Å²) in [5.74, 6) is 0.0566. The molecule has 3 rings (SSSR count). The summed E-state index contributed by atoms with van der Waals surface area (Å²) in [4.78, 5) is 21.5. The van der Waals surface area contributed by atoms with Gasteiger partial charge in [0.1, 0.15) is 17.0 Å². The number of hydrogen-bond donors (Lipinski definition) is 3. The molecule has 0 saturated carbocycles. The number of fused-ring (bicyclic) bond motifs is 1. The van der Waals surface area contributed by atoms with Crippen LogP contribution >= 0.6 is 11.3 Å². The van der Waals surface area contributed by atoms with Gasteiger partial charge in [0.05, 0.1) is 16.5 Å². The van der Waals surface area contributed by atoms with Crippen LogP contribution in [-0.4, -0.2) is 36.0 Å². The van der Waals surface area contributed by atoms with Crippen molar-refractivity contribution in [3.05, 3.63) is 47.1 Å². The molecule has 1 amide bonds. The molecule has 3 N–H and O–H groups in total. The van der Waals surface area contributed by atoms with Crippen molar-refractivity contribution >= 4 is 39.0 Å². The standard InChI is InChI=1S/C17H16F3N5OS/c1-21-13-3-2-10(17(18,19)20)8-12(13)15(26)23-6-5-22-14-11-4-7-27-16(11)25-9-24-14/h2-4,7-9,21H,5-6H2,1H3,(H,23,26)(H,22,24,25). The first kappa shape index (κ1) is 18.9. The molecule has 0 unspecified atom stereocenters. The van der Waals surface area contributed by atoms with E-state index in [1.807, 2.05) is 11.4 Å². The van der Waals surface area contributed by atoms with E-state index >= 15 is 0 Å². The summed E-state index contributed by atoms with van der Waals surface area (Å²) in [6, 6.07) is 4.91. The van der Waals surface area contributed by atoms with Gasteiger partial charge >= 0.3 is 6.18 Å². The first-order valence-electron chi connectivity index (χ1n) is 7.99. The first-order valence-corrected chi connectivity index (χ1v) is 8.87. The lowest BCUT2D eigenvalue weighted by atomic mass is 10.1. The first-order chi connectivity index (χ1) is 12.9. The molecule has 0 aliphatic heterocycles. The van der Waals surface area contributed by atoms with Gasteiger partial charge in [-0.2, -0.15) is 13.2 Å². The van der Waals surface area contributed by atoms with Gasteiger partial charge in [0.2, 0.25) is 0 Å². The van der Waals surface area contributed by atoms with Crippen molar-refractivity contribution in [2.75, 3.05) is 30.8 Å². The topological polar surface area (TPSA) is 78.9 Å². The lowest BCUT2D eigenvalue weighted by Crippen LogP contribution is -2.29. The minimum absolute atomic E-state index is 0.0606. The monoisotopic (exact) mass is 395 g/mol. The van der Waals surface area contributed by atoms with E-state index in [0.717, 1.165) is 22.3 Å². The Morgan fingerprint density at radius 1 is 1.19 bits per heavy atom. The minimum Gasteiger partial charge on any atom is -0.387 e. The maximum atomic E-state index is 12.9. The zero-order chi connectivity index (χ0) is 19.4. The molecule has 6 nitrogen and oxygen atoms in total. The summed E-state index contributed by atoms with van der Waals surface area (Å²) < 4.78 is 38.7. The van der Waals surface area contributed by atoms with Crippen molar-refractivity contribution in [1.82, 2.24) is 15.3 Å². The Balaban J connectivity index is 1.63. The van der Waals surface area contributed by atoms with E-state index in [-0.39, 0.29) is 12.1 Å². The maximum absolute atomic E-state index is 12.9. The average Bonchev–Trinajstić information content (AvgIpc) is 3.13. The molecule has 0 fully saturated rings. The van der Waals surface area contributed by atoms with Gasteiger partial charge in [0.15, 0.2) is 0 Å². The molecule has 2 heterocycles. The molecule has 142 valence electrons. The van der Waals surface area contributed by atoms with Gasteiger partial charge in [-0.3, -0.25) is 4.79 Å². The SMILES string of the molecule is CNc1ccc(C(F)(F)F)cc1C(=O)NCCNc1ncnc2sccc12. The Labute approximate surface area is 156 Å². The highest BCUT2D eigenvalue weighted by molar-refractivity contribution is 7.16. The number of nitrogens with zero attached hydrogens (tertiary/aromatic N) is 2. The Bertz CT molecular complexity index is 957. The second kappa shape index (κ2) is 7.78. The van der Waals surface area contributed by atoms with Gasteiger partial charge in [-0.15, -0.1) is 11.3 Å². The normalized spacial score (nSPS) is 11.4. The molecule has 10 heteroatoms. The molecule has 0 radical (unpaired) electrons. The third-order valence-corrected chi connectivity index (χ3v) is 4.65. The molecule has 0 atom stereocenters. The Morgan fingerprint density at radius 3 is 2.74 bits per heavy atom. The zero-order valence-corrected chi connectivity index (χ0v) is 15.0. The quantitative estimate of drug-likeness (QED) is 0.556. The second-order valence-corrected chi connectivity index (χ2v) is 6.45. The third-order valence-electron chi connectivity index (χ3n) is 3.83. The smallest absolute Gasteiger partial charge is 0.387 e. The fraction of sp³-hybridized carbons (Fsp3) is 0.235. The Kier molecular flexibility index (Phi) is 5.45. The summed E-state index contributed by atoms with van der Waals surface area (Å²) >= 11 is 1.49. The number of rotatable bonds is 6. The average molecular weight is 395 g/mol. The van der Waals surface area contributed by atoms with Crippen LogP contribution in [0.1, 0.15) is 15.9 Å². The predicted octanol–water partition coefficient (Wildman–Crippen LogP) is 3.59. The summed E-state index contributed by atoms with van der Waals surface area (Å²) in [7, 11) is 1.54. The number of halogens is 3. The lowest BCUT2D eigenvalue weighted by Gasteiger charge is -2.14. The number of benzene rings is 1. The van der Waals surface area contributed by atoms with E-state index in [4.69, 9.17) is 0 Å². The summed E-state index contributed by atoms with van der Waals surface area (Å²) in [6.45, 7) is 0.579. The maximum Gasteiger partial charge on any atom is 0.416 e. The van der Waals surface area contributed by atoms with Crippen LogP contribution in [0.5, 0.6) is 0 Å². The number of carbonyl (C=O) groups excluding carboxylic acids is 1. The number of amides is 1. The van der Waals surface area contributed by atoms with Crippen molar-refractivity contribution in [3.63, 3.8) is 0 Å². The number of alkyl halides is 3. The predicted molar refractivity (Wildman–Crippen MR) is 99.2 cm³/mol. The molecule has 3 aromatic rings. The van der Waals surface area contributed by atoms with E-state index < -0.39 is 17.6 Å². The molecule has 0 aliphatic rings. The number of nitrogens with one attached hydrogen (secondary N) is 3. The van der Waals surface area contributed by atoms with E-state index in [0.29, 0.717) is 18.1 Å². The van der Waals surface area contributed by atoms with Crippen molar-refractivity contribution < 1.29 is 18.0 Å². The summed E-state index contributed by atoms with van der Waals surface area (Å²) in [5, 5.41) is 11.2. The van der Waals surface area contributed by atoms with E-state index in [1.165, 1.54) is 23.7 Å². The fourth-order valence-electron chi connectivity index (χ4n) is 2.51. The molecule has 1 aromatic carbocycles. The lowest BCUT2D eigenvalue weighted by molar-refractivity contribution is -0.137. The van der Waals surface area contributed by atoms with Gasteiger partial charge in [-0.05, 0) is 29.6 Å². The van der Waals surface area contributed by atoms with Crippen LogP contribution in [0.15, 0.2) is 36.0 Å². The van der Waals surface area contributed by atoms with Crippen LogP contribution in [0.25, 0.3) is 10.2 Å². The highest BCUT2D eigenvalue weighted by Crippen LogP contribution is 2.31. The molecular formula is C17H16F3N5OS. The largest absolute Gasteiger partial charge is 0.416 e. The van der Waals surface area contributed by atoms with Crippen molar-refractivity contribution in [2.45, 2.75) is 6.18 Å². The van der Waals surface area contributed by atoms with Crippen molar-refractivity contribution in [2.24, 2.45) is 0 Å². The van der Waals surface area contributed by atoms with Gasteiger partial charge in [0.25, 0.3) is 5.91 Å². The molecular weight excluding hydrogens is 379 g/mol. The molecule has 2 aromatic heterocycles. The van der Waals surface area contributed by atoms with E-state index in [9.17, 15) is 18.0 Å². The van der Waals surface area contributed by atoms with Crippen LogP contribution < -0.4 is 16.0 Å². The highest BCUT2D eigenvalue weighted by atomic mass is 32.1. The number of aromatic nitrogens is 2. The zero-order valence-electron chi connectivity index (χ0n) is 14.2. The van der Waals surface area contributed by atoms with Crippen molar-refractivity contribution in [3.8, 4) is 0 Å². The van der Waals surface area contributed by atoms with E-state index in [1.54, 1.807) is 7.05 Å². The third kappa shape index (κ3) is 4.27. The van der Waals surface area contributed by atoms with Crippen LogP contribution in [0, 0.1) is 0 Å². The van der Waals surface area contributed by atoms with Gasteiger partial charge in [0, 0.05) is 25.8 Å². The number of anilines is 2. The number of carbonyl (C=O) groups is 1. The van der Waals surface area contributed by atoms with Gasteiger partial charge in [-0.25, -0.2) is 9.97 Å². The number of thiophene rings is 1. The van der Waals surface area contributed by atoms with Gasteiger partial charge in [-0.1, -0.05) is 0 Å². The molecule has 0 bridgehead atoms. The molecule has 0 spiro atoms. The van der Waals surface area contributed by atoms with Crippen LogP contribution in [-0.2, 0) is 6.18 Å². The molecule has 0 aliphatic carbocycles. The van der Waals surface area contributed by atoms with Crippen LogP contribution in [0.3, 0.4) is 0 Å². The molecule has 0 saturated heterocycles. The Hall–Kier alpha value is -2.88. The van der Waals surface area contributed by atoms with Crippen LogP contribution in [0.2, 0.25) is 0 Å². The second-order valence-electron chi connectivity index (χ2n) is 5.55.